The molecule has 3 nitrogen and oxygen atoms in total. The fourth-order valence-corrected chi connectivity index (χ4v) is 8.47. The Morgan fingerprint density at radius 1 is 1.00 bits per heavy atom. The van der Waals surface area contributed by atoms with Gasteiger partial charge in [0, 0.05) is 0 Å². The molecule has 4 rings (SSSR count). The number of hydrogen-bond acceptors (Lipinski definition) is 3. The lowest BCUT2D eigenvalue weighted by atomic mass is 9.45. The summed E-state index contributed by atoms with van der Waals surface area (Å²) in [4.78, 5) is 0. The summed E-state index contributed by atoms with van der Waals surface area (Å²) in [5.41, 5.74) is 2.10. The molecule has 0 bridgehead atoms. The van der Waals surface area contributed by atoms with Crippen molar-refractivity contribution in [3.05, 3.63) is 11.6 Å². The minimum absolute atomic E-state index is 0.175. The molecular weight excluding hydrogens is 372 g/mol. The van der Waals surface area contributed by atoms with E-state index in [1.807, 2.05) is 0 Å². The van der Waals surface area contributed by atoms with E-state index in [1.165, 1.54) is 19.3 Å². The van der Waals surface area contributed by atoms with Crippen LogP contribution in [0.15, 0.2) is 11.6 Å². The molecule has 10 unspecified atom stereocenters. The van der Waals surface area contributed by atoms with Gasteiger partial charge in [0.2, 0.25) is 0 Å². The predicted octanol–water partition coefficient (Wildman–Crippen LogP) is 5.33. The highest BCUT2D eigenvalue weighted by Gasteiger charge is 2.60. The highest BCUT2D eigenvalue weighted by molar-refractivity contribution is 5.30. The van der Waals surface area contributed by atoms with E-state index < -0.39 is 0 Å². The van der Waals surface area contributed by atoms with Gasteiger partial charge in [-0.15, -0.1) is 0 Å². The van der Waals surface area contributed by atoms with Gasteiger partial charge in [-0.25, -0.2) is 0 Å². The Bertz CT molecular complexity index is 656. The molecule has 0 amide bonds. The molecule has 3 N–H and O–H groups in total. The average Bonchev–Trinajstić information content (AvgIpc) is 3.04. The Kier molecular flexibility index (Phi) is 6.23. The molecule has 172 valence electrons. The Morgan fingerprint density at radius 2 is 1.73 bits per heavy atom. The average molecular weight is 419 g/mol. The Hall–Kier alpha value is -0.380. The first-order valence-corrected chi connectivity index (χ1v) is 12.8. The zero-order valence-electron chi connectivity index (χ0n) is 20.0. The molecule has 0 aliphatic heterocycles. The maximum atomic E-state index is 11.1. The van der Waals surface area contributed by atoms with Crippen molar-refractivity contribution < 1.29 is 15.3 Å². The lowest BCUT2D eigenvalue weighted by molar-refractivity contribution is -0.140. The van der Waals surface area contributed by atoms with Crippen molar-refractivity contribution in [3.8, 4) is 0 Å². The zero-order chi connectivity index (χ0) is 21.8. The molecule has 4 aliphatic carbocycles. The van der Waals surface area contributed by atoms with Crippen LogP contribution in [0, 0.1) is 46.3 Å². The summed E-state index contributed by atoms with van der Waals surface area (Å²) >= 11 is 0. The minimum Gasteiger partial charge on any atom is -0.393 e. The predicted molar refractivity (Wildman–Crippen MR) is 122 cm³/mol. The second-order valence-corrected chi connectivity index (χ2v) is 12.4. The highest BCUT2D eigenvalue weighted by Crippen LogP contribution is 2.66. The lowest BCUT2D eigenvalue weighted by Crippen LogP contribution is -2.56. The summed E-state index contributed by atoms with van der Waals surface area (Å²) in [6.45, 7) is 11.6. The van der Waals surface area contributed by atoms with Gasteiger partial charge in [-0.3, -0.25) is 0 Å². The van der Waals surface area contributed by atoms with E-state index in [0.29, 0.717) is 29.6 Å². The Balaban J connectivity index is 1.50. The lowest BCUT2D eigenvalue weighted by Gasteiger charge is -2.61. The van der Waals surface area contributed by atoms with Gasteiger partial charge in [0.25, 0.3) is 0 Å². The second kappa shape index (κ2) is 8.19. The monoisotopic (exact) mass is 418 g/mol. The summed E-state index contributed by atoms with van der Waals surface area (Å²) in [5, 5.41) is 31.7. The molecular formula is C27H46O3. The van der Waals surface area contributed by atoms with E-state index in [2.05, 4.69) is 40.7 Å². The third kappa shape index (κ3) is 3.61. The van der Waals surface area contributed by atoms with E-state index in [0.717, 1.165) is 38.5 Å². The van der Waals surface area contributed by atoms with Gasteiger partial charge in [-0.05, 0) is 104 Å². The van der Waals surface area contributed by atoms with Crippen LogP contribution in [0.25, 0.3) is 0 Å². The molecule has 0 radical (unpaired) electrons. The summed E-state index contributed by atoms with van der Waals surface area (Å²) in [7, 11) is 0. The van der Waals surface area contributed by atoms with E-state index in [9.17, 15) is 15.3 Å². The highest BCUT2D eigenvalue weighted by atomic mass is 16.3. The largest absolute Gasteiger partial charge is 0.393 e. The van der Waals surface area contributed by atoms with Gasteiger partial charge in [0.05, 0.1) is 18.3 Å². The standard InChI is InChI=1S/C27H46O3/c1-16(2)24(29)9-6-17(3)20-7-8-21-19-15-25(30)23-14-18(28)10-12-27(23,5)22(19)11-13-26(20,21)4/h8,16-20,22-25,28-30H,6-7,9-15H2,1-5H3. The molecule has 0 aromatic carbocycles. The first-order valence-electron chi connectivity index (χ1n) is 12.8. The van der Waals surface area contributed by atoms with Gasteiger partial charge >= 0.3 is 0 Å². The van der Waals surface area contributed by atoms with Crippen molar-refractivity contribution in [1.29, 1.82) is 0 Å². The van der Waals surface area contributed by atoms with Crippen molar-refractivity contribution >= 4 is 0 Å². The van der Waals surface area contributed by atoms with Crippen LogP contribution in [-0.2, 0) is 0 Å². The number of rotatable bonds is 5. The Labute approximate surface area is 184 Å². The van der Waals surface area contributed by atoms with Gasteiger partial charge in [-0.2, -0.15) is 0 Å². The van der Waals surface area contributed by atoms with Crippen molar-refractivity contribution in [3.63, 3.8) is 0 Å². The molecule has 3 saturated carbocycles. The molecule has 0 aromatic heterocycles. The van der Waals surface area contributed by atoms with Crippen molar-refractivity contribution in [1.82, 2.24) is 0 Å². The van der Waals surface area contributed by atoms with Crippen LogP contribution in [0.3, 0.4) is 0 Å². The van der Waals surface area contributed by atoms with Crippen LogP contribution in [0.2, 0.25) is 0 Å². The third-order valence-corrected chi connectivity index (χ3v) is 10.5. The molecule has 0 aromatic rings. The van der Waals surface area contributed by atoms with Crippen molar-refractivity contribution in [2.75, 3.05) is 0 Å². The smallest absolute Gasteiger partial charge is 0.0580 e. The number of fused-ring (bicyclic) bond motifs is 5. The van der Waals surface area contributed by atoms with Gasteiger partial charge in [-0.1, -0.05) is 46.3 Å². The molecule has 4 aliphatic rings. The summed E-state index contributed by atoms with van der Waals surface area (Å²) in [6, 6.07) is 0. The second-order valence-electron chi connectivity index (χ2n) is 12.4. The number of allylic oxidation sites excluding steroid dienone is 2. The number of hydrogen-bond donors (Lipinski definition) is 3. The summed E-state index contributed by atoms with van der Waals surface area (Å²) in [5.74, 6) is 3.08. The zero-order valence-corrected chi connectivity index (χ0v) is 20.0. The fraction of sp³-hybridized carbons (Fsp3) is 0.926. The van der Waals surface area contributed by atoms with Crippen LogP contribution in [-0.4, -0.2) is 33.6 Å². The first kappa shape index (κ1) is 22.8. The molecule has 3 fully saturated rings. The molecule has 10 atom stereocenters. The maximum Gasteiger partial charge on any atom is 0.0580 e. The van der Waals surface area contributed by atoms with E-state index in [-0.39, 0.29) is 35.1 Å². The minimum atomic E-state index is -0.271. The maximum absolute atomic E-state index is 11.1. The summed E-state index contributed by atoms with van der Waals surface area (Å²) in [6.07, 6.45) is 11.3. The molecule has 30 heavy (non-hydrogen) atoms. The van der Waals surface area contributed by atoms with Crippen molar-refractivity contribution in [2.45, 2.75) is 111 Å². The van der Waals surface area contributed by atoms with Crippen molar-refractivity contribution in [2.24, 2.45) is 46.3 Å². The molecule has 0 saturated heterocycles. The topological polar surface area (TPSA) is 60.7 Å². The van der Waals surface area contributed by atoms with Gasteiger partial charge < -0.3 is 15.3 Å². The van der Waals surface area contributed by atoms with E-state index >= 15 is 0 Å². The fourth-order valence-electron chi connectivity index (χ4n) is 8.47. The third-order valence-electron chi connectivity index (χ3n) is 10.5. The summed E-state index contributed by atoms with van der Waals surface area (Å²) < 4.78 is 0. The SMILES string of the molecule is CC(C)C(O)CCC(C)C1CC=C2C3CC(O)C4CC(O)CCC4(C)C3CCC21C. The van der Waals surface area contributed by atoms with Crippen LogP contribution >= 0.6 is 0 Å². The van der Waals surface area contributed by atoms with Gasteiger partial charge in [0.15, 0.2) is 0 Å². The van der Waals surface area contributed by atoms with Crippen LogP contribution < -0.4 is 0 Å². The van der Waals surface area contributed by atoms with E-state index in [4.69, 9.17) is 0 Å². The molecule has 0 heterocycles. The molecule has 0 spiro atoms. The normalized spacial score (nSPS) is 47.8. The Morgan fingerprint density at radius 3 is 2.43 bits per heavy atom. The van der Waals surface area contributed by atoms with E-state index in [1.54, 1.807) is 5.57 Å². The number of aliphatic hydroxyl groups excluding tert-OH is 3. The molecule has 3 heteroatoms. The van der Waals surface area contributed by atoms with Crippen LogP contribution in [0.4, 0.5) is 0 Å². The van der Waals surface area contributed by atoms with Crippen LogP contribution in [0.5, 0.6) is 0 Å². The number of aliphatic hydroxyl groups is 3. The van der Waals surface area contributed by atoms with Gasteiger partial charge in [0.1, 0.15) is 0 Å². The van der Waals surface area contributed by atoms with Crippen LogP contribution in [0.1, 0.15) is 92.4 Å². The first-order chi connectivity index (χ1) is 14.1. The quantitative estimate of drug-likeness (QED) is 0.529.